The largest absolute Gasteiger partial charge is 0.396 e. The maximum atomic E-state index is 9.29. The van der Waals surface area contributed by atoms with Crippen LogP contribution in [0, 0.1) is 5.41 Å². The van der Waals surface area contributed by atoms with Gasteiger partial charge in [-0.05, 0) is 18.3 Å². The van der Waals surface area contributed by atoms with Gasteiger partial charge in [-0.3, -0.25) is 0 Å². The Morgan fingerprint density at radius 2 is 1.31 bits per heavy atom. The fourth-order valence-corrected chi connectivity index (χ4v) is 2.05. The predicted molar refractivity (Wildman–Crippen MR) is 72.7 cm³/mol. The Hall–Kier alpha value is -0.0400. The molecule has 1 atom stereocenters. The van der Waals surface area contributed by atoms with Crippen molar-refractivity contribution in [3.63, 3.8) is 0 Å². The number of rotatable bonds is 11. The van der Waals surface area contributed by atoms with Crippen LogP contribution >= 0.6 is 0 Å². The molecule has 1 unspecified atom stereocenters. The molecule has 0 saturated heterocycles. The van der Waals surface area contributed by atoms with Crippen LogP contribution in [0.4, 0.5) is 0 Å². The standard InChI is InChI=1S/C15H32O/c1-4-6-7-8-9-10-11-12-13-15(3,5-2)14-16/h16H,4-14H2,1-3H3. The second kappa shape index (κ2) is 10.1. The van der Waals surface area contributed by atoms with Crippen LogP contribution in [-0.4, -0.2) is 11.7 Å². The second-order valence-corrected chi connectivity index (χ2v) is 5.55. The molecule has 0 aliphatic carbocycles. The first kappa shape index (κ1) is 16.0. The van der Waals surface area contributed by atoms with Crippen LogP contribution in [0.3, 0.4) is 0 Å². The fraction of sp³-hybridized carbons (Fsp3) is 1.00. The van der Waals surface area contributed by atoms with Crippen molar-refractivity contribution in [2.45, 2.75) is 85.0 Å². The van der Waals surface area contributed by atoms with Crippen molar-refractivity contribution in [2.75, 3.05) is 6.61 Å². The van der Waals surface area contributed by atoms with E-state index < -0.39 is 0 Å². The highest BCUT2D eigenvalue weighted by Gasteiger charge is 2.19. The Morgan fingerprint density at radius 1 is 0.812 bits per heavy atom. The molecule has 0 spiro atoms. The third kappa shape index (κ3) is 8.15. The molecule has 0 amide bonds. The van der Waals surface area contributed by atoms with Gasteiger partial charge in [-0.1, -0.05) is 72.1 Å². The van der Waals surface area contributed by atoms with E-state index in [0.29, 0.717) is 6.61 Å². The van der Waals surface area contributed by atoms with E-state index in [2.05, 4.69) is 20.8 Å². The molecule has 0 heterocycles. The lowest BCUT2D eigenvalue weighted by Crippen LogP contribution is -2.19. The Kier molecular flexibility index (Phi) is 10.1. The highest BCUT2D eigenvalue weighted by molar-refractivity contribution is 4.70. The Balaban J connectivity index is 3.26. The zero-order chi connectivity index (χ0) is 12.3. The van der Waals surface area contributed by atoms with E-state index in [1.807, 2.05) is 0 Å². The average Bonchev–Trinajstić information content (AvgIpc) is 2.32. The summed E-state index contributed by atoms with van der Waals surface area (Å²) in [5.41, 5.74) is 0.183. The number of unbranched alkanes of at least 4 members (excludes halogenated alkanes) is 7. The lowest BCUT2D eigenvalue weighted by Gasteiger charge is -2.25. The van der Waals surface area contributed by atoms with Crippen LogP contribution in [0.1, 0.15) is 85.0 Å². The van der Waals surface area contributed by atoms with Gasteiger partial charge in [0.25, 0.3) is 0 Å². The van der Waals surface area contributed by atoms with Gasteiger partial charge in [0, 0.05) is 6.61 Å². The Bertz CT molecular complexity index is 138. The first-order valence-corrected chi connectivity index (χ1v) is 7.29. The van der Waals surface area contributed by atoms with Crippen LogP contribution in [0.25, 0.3) is 0 Å². The van der Waals surface area contributed by atoms with Crippen LogP contribution in [0.5, 0.6) is 0 Å². The summed E-state index contributed by atoms with van der Waals surface area (Å²) >= 11 is 0. The first-order chi connectivity index (χ1) is 7.68. The Labute approximate surface area is 103 Å². The topological polar surface area (TPSA) is 20.2 Å². The summed E-state index contributed by atoms with van der Waals surface area (Å²) in [5.74, 6) is 0. The van der Waals surface area contributed by atoms with Gasteiger partial charge in [0.2, 0.25) is 0 Å². The molecule has 1 heteroatoms. The molecule has 0 aromatic heterocycles. The maximum Gasteiger partial charge on any atom is 0.0484 e. The summed E-state index contributed by atoms with van der Waals surface area (Å²) < 4.78 is 0. The number of hydrogen-bond donors (Lipinski definition) is 1. The Morgan fingerprint density at radius 3 is 1.75 bits per heavy atom. The molecule has 0 bridgehead atoms. The minimum atomic E-state index is 0.183. The van der Waals surface area contributed by atoms with Gasteiger partial charge in [-0.25, -0.2) is 0 Å². The molecule has 0 saturated carbocycles. The van der Waals surface area contributed by atoms with Crippen molar-refractivity contribution >= 4 is 0 Å². The van der Waals surface area contributed by atoms with Gasteiger partial charge in [0.1, 0.15) is 0 Å². The lowest BCUT2D eigenvalue weighted by atomic mass is 9.83. The number of hydrogen-bond acceptors (Lipinski definition) is 1. The molecule has 0 aliphatic rings. The van der Waals surface area contributed by atoms with Crippen LogP contribution < -0.4 is 0 Å². The van der Waals surface area contributed by atoms with Crippen molar-refractivity contribution in [1.29, 1.82) is 0 Å². The van der Waals surface area contributed by atoms with Gasteiger partial charge in [0.05, 0.1) is 0 Å². The first-order valence-electron chi connectivity index (χ1n) is 7.29. The normalized spacial score (nSPS) is 15.0. The summed E-state index contributed by atoms with van der Waals surface area (Å²) in [6.07, 6.45) is 13.3. The minimum Gasteiger partial charge on any atom is -0.396 e. The molecule has 0 radical (unpaired) electrons. The van der Waals surface area contributed by atoms with E-state index in [4.69, 9.17) is 0 Å². The van der Waals surface area contributed by atoms with Crippen molar-refractivity contribution in [3.8, 4) is 0 Å². The van der Waals surface area contributed by atoms with E-state index in [0.717, 1.165) is 6.42 Å². The monoisotopic (exact) mass is 228 g/mol. The molecule has 98 valence electrons. The molecule has 0 aromatic rings. The molecule has 0 aromatic carbocycles. The minimum absolute atomic E-state index is 0.183. The SMILES string of the molecule is CCCCCCCCCCC(C)(CC)CO. The third-order valence-electron chi connectivity index (χ3n) is 3.87. The molecule has 0 aliphatic heterocycles. The fourth-order valence-electron chi connectivity index (χ4n) is 2.05. The van der Waals surface area contributed by atoms with Gasteiger partial charge in [-0.15, -0.1) is 0 Å². The molecule has 0 fully saturated rings. The van der Waals surface area contributed by atoms with Crippen molar-refractivity contribution in [1.82, 2.24) is 0 Å². The van der Waals surface area contributed by atoms with Crippen molar-refractivity contribution in [2.24, 2.45) is 5.41 Å². The van der Waals surface area contributed by atoms with E-state index in [1.54, 1.807) is 0 Å². The summed E-state index contributed by atoms with van der Waals surface area (Å²) in [4.78, 5) is 0. The third-order valence-corrected chi connectivity index (χ3v) is 3.87. The maximum absolute atomic E-state index is 9.29. The smallest absolute Gasteiger partial charge is 0.0484 e. The van der Waals surface area contributed by atoms with Gasteiger partial charge < -0.3 is 5.11 Å². The summed E-state index contributed by atoms with van der Waals surface area (Å²) in [7, 11) is 0. The molecular weight excluding hydrogens is 196 g/mol. The summed E-state index contributed by atoms with van der Waals surface area (Å²) in [5, 5.41) is 9.29. The summed E-state index contributed by atoms with van der Waals surface area (Å²) in [6.45, 7) is 7.00. The second-order valence-electron chi connectivity index (χ2n) is 5.55. The molecule has 1 N–H and O–H groups in total. The molecule has 1 nitrogen and oxygen atoms in total. The van der Waals surface area contributed by atoms with Gasteiger partial charge in [-0.2, -0.15) is 0 Å². The van der Waals surface area contributed by atoms with Gasteiger partial charge in [0.15, 0.2) is 0 Å². The average molecular weight is 228 g/mol. The molecular formula is C15H32O. The number of aliphatic hydroxyl groups is 1. The highest BCUT2D eigenvalue weighted by Crippen LogP contribution is 2.27. The quantitative estimate of drug-likeness (QED) is 0.497. The van der Waals surface area contributed by atoms with Crippen LogP contribution in [0.2, 0.25) is 0 Å². The van der Waals surface area contributed by atoms with Crippen LogP contribution in [0.15, 0.2) is 0 Å². The molecule has 0 rings (SSSR count). The van der Waals surface area contributed by atoms with E-state index in [9.17, 15) is 5.11 Å². The lowest BCUT2D eigenvalue weighted by molar-refractivity contribution is 0.125. The van der Waals surface area contributed by atoms with E-state index in [-0.39, 0.29) is 5.41 Å². The highest BCUT2D eigenvalue weighted by atomic mass is 16.3. The predicted octanol–water partition coefficient (Wildman–Crippen LogP) is 4.93. The molecule has 16 heavy (non-hydrogen) atoms. The zero-order valence-corrected chi connectivity index (χ0v) is 11.7. The zero-order valence-electron chi connectivity index (χ0n) is 11.7. The number of aliphatic hydroxyl groups excluding tert-OH is 1. The van der Waals surface area contributed by atoms with Crippen molar-refractivity contribution in [3.05, 3.63) is 0 Å². The van der Waals surface area contributed by atoms with Crippen LogP contribution in [-0.2, 0) is 0 Å². The van der Waals surface area contributed by atoms with E-state index in [1.165, 1.54) is 57.8 Å². The summed E-state index contributed by atoms with van der Waals surface area (Å²) in [6, 6.07) is 0. The van der Waals surface area contributed by atoms with Crippen molar-refractivity contribution < 1.29 is 5.11 Å². The van der Waals surface area contributed by atoms with Gasteiger partial charge >= 0.3 is 0 Å². The van der Waals surface area contributed by atoms with E-state index >= 15 is 0 Å².